The summed E-state index contributed by atoms with van der Waals surface area (Å²) in [5, 5.41) is 1.76. The maximum absolute atomic E-state index is 6.56. The number of rotatable bonds is 13. The van der Waals surface area contributed by atoms with E-state index in [1.54, 1.807) is 6.21 Å². The van der Waals surface area contributed by atoms with E-state index >= 15 is 0 Å². The van der Waals surface area contributed by atoms with E-state index in [4.69, 9.17) is 37.2 Å². The minimum absolute atomic E-state index is 0.419. The van der Waals surface area contributed by atoms with Crippen molar-refractivity contribution in [2.45, 2.75) is 48.0 Å². The number of fused-ring (bicyclic) bond motifs is 1. The van der Waals surface area contributed by atoms with Gasteiger partial charge in [-0.3, -0.25) is 4.99 Å². The Bertz CT molecular complexity index is 3340. The number of aromatic nitrogens is 3. The molecule has 4 aromatic carbocycles. The summed E-state index contributed by atoms with van der Waals surface area (Å²) in [6, 6.07) is 31.3. The van der Waals surface area contributed by atoms with Crippen LogP contribution in [-0.4, -0.2) is 21.2 Å². The third-order valence-corrected chi connectivity index (χ3v) is 11.2. The number of hydrogen-bond donors (Lipinski definition) is 0. The van der Waals surface area contributed by atoms with E-state index in [0.29, 0.717) is 28.5 Å². The molecular weight excluding hydrogens is 805 g/mol. The van der Waals surface area contributed by atoms with Crippen LogP contribution in [0.5, 0.6) is 0 Å². The number of nitrogens with zero attached hydrogens (tertiary/aromatic N) is 4. The van der Waals surface area contributed by atoms with Crippen LogP contribution in [0.4, 0.5) is 5.69 Å². The molecular formula is C61H52N4O. The number of aliphatic imine (C=N–C) groups is 1. The number of hydrogen-bond acceptors (Lipinski definition) is 5. The molecule has 2 aromatic heterocycles. The van der Waals surface area contributed by atoms with Crippen LogP contribution in [0.1, 0.15) is 62.7 Å². The van der Waals surface area contributed by atoms with Gasteiger partial charge in [0, 0.05) is 33.5 Å². The molecule has 0 fully saturated rings. The van der Waals surface area contributed by atoms with Gasteiger partial charge >= 0.3 is 0 Å². The first-order valence-corrected chi connectivity index (χ1v) is 22.0. The summed E-state index contributed by atoms with van der Waals surface area (Å²) < 4.78 is 6.56. The lowest BCUT2D eigenvalue weighted by Gasteiger charge is -2.12. The fourth-order valence-corrected chi connectivity index (χ4v) is 7.43. The Kier molecular flexibility index (Phi) is 15.1. The highest BCUT2D eigenvalue weighted by Crippen LogP contribution is 2.32. The van der Waals surface area contributed by atoms with Crippen molar-refractivity contribution < 1.29 is 4.42 Å². The lowest BCUT2D eigenvalue weighted by atomic mass is 9.92. The second kappa shape index (κ2) is 21.8. The Balaban J connectivity index is 1.46. The van der Waals surface area contributed by atoms with Crippen LogP contribution in [0.2, 0.25) is 0 Å². The number of furan rings is 1. The quantitative estimate of drug-likeness (QED) is 0.0659. The molecule has 5 nitrogen and oxygen atoms in total. The van der Waals surface area contributed by atoms with E-state index in [1.165, 1.54) is 22.3 Å². The summed E-state index contributed by atoms with van der Waals surface area (Å²) in [6.45, 7) is 12.2. The van der Waals surface area contributed by atoms with Crippen LogP contribution in [-0.2, 0) is 0 Å². The Morgan fingerprint density at radius 3 is 2.21 bits per heavy atom. The first kappa shape index (κ1) is 45.6. The molecule has 1 aliphatic rings. The fraction of sp³-hybridized carbons (Fsp3) is 0.115. The second-order valence-electron chi connectivity index (χ2n) is 15.8. The van der Waals surface area contributed by atoms with E-state index in [1.807, 2.05) is 143 Å². The van der Waals surface area contributed by atoms with Crippen molar-refractivity contribution >= 4 is 46.2 Å². The first-order valence-electron chi connectivity index (χ1n) is 22.0. The molecule has 1 aliphatic carbocycles. The molecule has 2 heterocycles. The molecule has 5 heteroatoms. The van der Waals surface area contributed by atoms with E-state index in [0.717, 1.165) is 67.3 Å². The molecule has 0 amide bonds. The highest BCUT2D eigenvalue weighted by molar-refractivity contribution is 6.09. The highest BCUT2D eigenvalue weighted by Gasteiger charge is 2.14. The van der Waals surface area contributed by atoms with Crippen LogP contribution >= 0.6 is 0 Å². The lowest BCUT2D eigenvalue weighted by Crippen LogP contribution is -2.21. The molecule has 0 N–H and O–H groups in total. The number of aryl methyl sites for hydroxylation is 2. The molecule has 0 atom stereocenters. The van der Waals surface area contributed by atoms with Gasteiger partial charge in [0.25, 0.3) is 0 Å². The summed E-state index contributed by atoms with van der Waals surface area (Å²) in [5.41, 5.74) is 14.2. The van der Waals surface area contributed by atoms with Gasteiger partial charge in [-0.2, -0.15) is 0 Å². The summed E-state index contributed by atoms with van der Waals surface area (Å²) in [6.07, 6.45) is 42.2. The van der Waals surface area contributed by atoms with Gasteiger partial charge in [0.2, 0.25) is 0 Å². The first-order chi connectivity index (χ1) is 32.2. The number of para-hydroxylation sites is 1. The Hall–Kier alpha value is -8.38. The molecule has 0 saturated heterocycles. The van der Waals surface area contributed by atoms with Gasteiger partial charge in [0.15, 0.2) is 17.5 Å². The van der Waals surface area contributed by atoms with Gasteiger partial charge in [0.05, 0.1) is 5.69 Å². The molecule has 0 aliphatic heterocycles. The Labute approximate surface area is 389 Å². The zero-order chi connectivity index (χ0) is 46.4. The predicted octanol–water partition coefficient (Wildman–Crippen LogP) is 13.5. The van der Waals surface area contributed by atoms with Gasteiger partial charge in [-0.1, -0.05) is 127 Å². The van der Waals surface area contributed by atoms with E-state index in [2.05, 4.69) is 86.4 Å². The lowest BCUT2D eigenvalue weighted by molar-refractivity contribution is 0.575. The monoisotopic (exact) mass is 856 g/mol. The Morgan fingerprint density at radius 1 is 0.727 bits per heavy atom. The predicted molar refractivity (Wildman–Crippen MR) is 279 cm³/mol. The average molecular weight is 857 g/mol. The normalized spacial score (nSPS) is 14.6. The Morgan fingerprint density at radius 2 is 1.47 bits per heavy atom. The second-order valence-corrected chi connectivity index (χ2v) is 15.8. The maximum Gasteiger partial charge on any atom is 0.165 e. The molecule has 7 rings (SSSR count). The van der Waals surface area contributed by atoms with Crippen LogP contribution in [0.15, 0.2) is 196 Å². The molecule has 0 bridgehead atoms. The SMILES string of the molecule is C#C/C(=C\C=C(/C)c1nc(C=c2/c(=C\C=C/C)oc3ccc(-c4ccc(C)c(-c5ccccc5C)c4)cc23)nc(/C(C=Nc2ccccc2)=C/C=C(C)/C(C#C)=C/C=C\C)n1)C1=CC=CC1. The van der Waals surface area contributed by atoms with Gasteiger partial charge in [-0.15, -0.1) is 12.8 Å². The van der Waals surface area contributed by atoms with E-state index < -0.39 is 0 Å². The average Bonchev–Trinajstić information content (AvgIpc) is 4.00. The van der Waals surface area contributed by atoms with E-state index in [-0.39, 0.29) is 0 Å². The van der Waals surface area contributed by atoms with Crippen LogP contribution in [0, 0.1) is 38.5 Å². The van der Waals surface area contributed by atoms with Crippen molar-refractivity contribution in [3.63, 3.8) is 0 Å². The zero-order valence-electron chi connectivity index (χ0n) is 38.4. The summed E-state index contributed by atoms with van der Waals surface area (Å²) in [7, 11) is 0. The third kappa shape index (κ3) is 11.0. The maximum atomic E-state index is 6.56. The minimum Gasteiger partial charge on any atom is -0.456 e. The number of benzene rings is 4. The minimum atomic E-state index is 0.419. The van der Waals surface area contributed by atoms with Crippen molar-refractivity contribution in [1.29, 1.82) is 0 Å². The standard InChI is InChI=1S/C61H52N4O/c1-9-13-23-46(11-3)42(5)30-35-51(41-62-52-26-16-15-17-27-52)61-64-59(63-60(65-61)45(8)32-33-47(12-4)48-24-19-20-25-48)40-56-55-39-50(36-37-58(55)66-57(56)29-14-10-2)49-34-31-44(7)54(38-49)53-28-21-18-22-43(53)6/h3-4,9-10,13-24,26-41H,25H2,1-2,5-8H3/b13-9-,14-10-,42-30+,45-32+,46-23+,47-33+,51-35+,56-40?,57-29+,62-41?. The topological polar surface area (TPSA) is 64.2 Å². The highest BCUT2D eigenvalue weighted by atomic mass is 16.3. The van der Waals surface area contributed by atoms with Crippen molar-refractivity contribution in [3.05, 3.63) is 225 Å². The summed E-state index contributed by atoms with van der Waals surface area (Å²) in [5.74, 6) is 6.99. The largest absolute Gasteiger partial charge is 0.456 e. The summed E-state index contributed by atoms with van der Waals surface area (Å²) >= 11 is 0. The van der Waals surface area contributed by atoms with Crippen LogP contribution in [0.3, 0.4) is 0 Å². The van der Waals surface area contributed by atoms with Crippen molar-refractivity contribution in [1.82, 2.24) is 15.0 Å². The van der Waals surface area contributed by atoms with Crippen LogP contribution in [0.25, 0.3) is 56.5 Å². The molecule has 0 radical (unpaired) electrons. The zero-order valence-corrected chi connectivity index (χ0v) is 38.4. The smallest absolute Gasteiger partial charge is 0.165 e. The van der Waals surface area contributed by atoms with Crippen molar-refractivity contribution in [3.8, 4) is 46.9 Å². The molecule has 0 saturated carbocycles. The van der Waals surface area contributed by atoms with E-state index in [9.17, 15) is 0 Å². The number of terminal acetylenes is 2. The molecule has 322 valence electrons. The molecule has 6 aromatic rings. The fourth-order valence-electron chi connectivity index (χ4n) is 7.43. The molecule has 66 heavy (non-hydrogen) atoms. The summed E-state index contributed by atoms with van der Waals surface area (Å²) in [4.78, 5) is 20.2. The molecule has 0 unspecified atom stereocenters. The van der Waals surface area contributed by atoms with Crippen molar-refractivity contribution in [2.75, 3.05) is 0 Å². The van der Waals surface area contributed by atoms with Crippen molar-refractivity contribution in [2.24, 2.45) is 4.99 Å². The third-order valence-electron chi connectivity index (χ3n) is 11.2. The van der Waals surface area contributed by atoms with Gasteiger partial charge < -0.3 is 4.42 Å². The molecule has 0 spiro atoms. The van der Waals surface area contributed by atoms with Gasteiger partial charge in [0.1, 0.15) is 11.0 Å². The van der Waals surface area contributed by atoms with Gasteiger partial charge in [-0.05, 0) is 159 Å². The number of allylic oxidation sites excluding steroid dienone is 18. The van der Waals surface area contributed by atoms with Crippen LogP contribution < -0.4 is 10.6 Å². The van der Waals surface area contributed by atoms with Gasteiger partial charge in [-0.25, -0.2) is 15.0 Å².